The van der Waals surface area contributed by atoms with Crippen molar-refractivity contribution in [1.29, 1.82) is 0 Å². The molecule has 1 aliphatic heterocycles. The maximum Gasteiger partial charge on any atom is 0.256 e. The lowest BCUT2D eigenvalue weighted by Crippen LogP contribution is -2.40. The molecule has 2 aromatic rings. The third-order valence-corrected chi connectivity index (χ3v) is 4.77. The summed E-state index contributed by atoms with van der Waals surface area (Å²) in [5.41, 5.74) is 7.84. The van der Waals surface area contributed by atoms with Gasteiger partial charge in [0.15, 0.2) is 0 Å². The fraction of sp³-hybridized carbons (Fsp3) is 0.421. The number of rotatable bonds is 5. The summed E-state index contributed by atoms with van der Waals surface area (Å²) in [5.74, 6) is 0.104. The summed E-state index contributed by atoms with van der Waals surface area (Å²) in [6.45, 7) is 3.42. The summed E-state index contributed by atoms with van der Waals surface area (Å²) < 4.78 is 1.86. The number of benzene rings is 1. The van der Waals surface area contributed by atoms with E-state index in [1.165, 1.54) is 0 Å². The van der Waals surface area contributed by atoms with Crippen LogP contribution in [0.1, 0.15) is 41.6 Å². The van der Waals surface area contributed by atoms with Gasteiger partial charge >= 0.3 is 0 Å². The van der Waals surface area contributed by atoms with Crippen molar-refractivity contribution in [2.24, 2.45) is 11.7 Å². The molecule has 1 aromatic carbocycles. The maximum absolute atomic E-state index is 13.2. The lowest BCUT2D eigenvalue weighted by Gasteiger charge is -2.33. The molecule has 0 unspecified atom stereocenters. The van der Waals surface area contributed by atoms with Gasteiger partial charge in [-0.15, -0.1) is 0 Å². The van der Waals surface area contributed by atoms with Gasteiger partial charge in [-0.1, -0.05) is 11.6 Å². The van der Waals surface area contributed by atoms with Crippen LogP contribution in [0, 0.1) is 12.8 Å². The number of primary amides is 1. The highest BCUT2D eigenvalue weighted by atomic mass is 16.2. The van der Waals surface area contributed by atoms with E-state index in [0.717, 1.165) is 37.1 Å². The molecule has 25 heavy (non-hydrogen) atoms. The number of nitrogens with zero attached hydrogens (tertiary/aromatic N) is 3. The van der Waals surface area contributed by atoms with E-state index in [1.807, 2.05) is 40.8 Å². The van der Waals surface area contributed by atoms with Crippen molar-refractivity contribution in [3.05, 3.63) is 48.0 Å². The Morgan fingerprint density at radius 1 is 1.36 bits per heavy atom. The molecule has 0 spiro atoms. The fourth-order valence-electron chi connectivity index (χ4n) is 3.45. The SMILES string of the molecule is Cc1ccc(-n2ccnc2)c(C(=O)N2CCC[C@@H](CCC(N)=O)C2)c1. The first kappa shape index (κ1) is 17.2. The van der Waals surface area contributed by atoms with Crippen LogP contribution in [-0.4, -0.2) is 39.4 Å². The van der Waals surface area contributed by atoms with E-state index in [1.54, 1.807) is 12.5 Å². The molecule has 1 aliphatic rings. The molecule has 2 N–H and O–H groups in total. The van der Waals surface area contributed by atoms with Crippen LogP contribution < -0.4 is 5.73 Å². The summed E-state index contributed by atoms with van der Waals surface area (Å²) >= 11 is 0. The van der Waals surface area contributed by atoms with Gasteiger partial charge in [0, 0.05) is 31.9 Å². The van der Waals surface area contributed by atoms with Crippen molar-refractivity contribution in [3.63, 3.8) is 0 Å². The minimum Gasteiger partial charge on any atom is -0.370 e. The lowest BCUT2D eigenvalue weighted by molar-refractivity contribution is -0.118. The topological polar surface area (TPSA) is 81.2 Å². The number of aromatic nitrogens is 2. The van der Waals surface area contributed by atoms with Gasteiger partial charge in [0.2, 0.25) is 5.91 Å². The third-order valence-electron chi connectivity index (χ3n) is 4.77. The first-order chi connectivity index (χ1) is 12.0. The molecule has 0 bridgehead atoms. The molecular weight excluding hydrogens is 316 g/mol. The minimum absolute atomic E-state index is 0.0381. The van der Waals surface area contributed by atoms with Crippen molar-refractivity contribution in [3.8, 4) is 5.69 Å². The second-order valence-corrected chi connectivity index (χ2v) is 6.75. The Morgan fingerprint density at radius 2 is 2.20 bits per heavy atom. The van der Waals surface area contributed by atoms with Crippen molar-refractivity contribution in [2.75, 3.05) is 13.1 Å². The van der Waals surface area contributed by atoms with E-state index >= 15 is 0 Å². The zero-order valence-corrected chi connectivity index (χ0v) is 14.5. The molecule has 6 heteroatoms. The molecule has 2 heterocycles. The third kappa shape index (κ3) is 4.07. The van der Waals surface area contributed by atoms with Gasteiger partial charge in [-0.3, -0.25) is 9.59 Å². The van der Waals surface area contributed by atoms with E-state index in [9.17, 15) is 9.59 Å². The van der Waals surface area contributed by atoms with Gasteiger partial charge in [0.05, 0.1) is 17.6 Å². The van der Waals surface area contributed by atoms with Gasteiger partial charge in [-0.2, -0.15) is 0 Å². The number of piperidine rings is 1. The van der Waals surface area contributed by atoms with Crippen LogP contribution in [0.15, 0.2) is 36.9 Å². The number of likely N-dealkylation sites (tertiary alicyclic amines) is 1. The standard InChI is InChI=1S/C19H24N4O2/c1-14-4-6-17(23-10-8-21-13-23)16(11-14)19(25)22-9-2-3-15(12-22)5-7-18(20)24/h4,6,8,10-11,13,15H,2-3,5,7,9,12H2,1H3,(H2,20,24)/t15-/m0/s1. The largest absolute Gasteiger partial charge is 0.370 e. The maximum atomic E-state index is 13.2. The van der Waals surface area contributed by atoms with Crippen LogP contribution in [0.25, 0.3) is 5.69 Å². The summed E-state index contributed by atoms with van der Waals surface area (Å²) in [5, 5.41) is 0. The van der Waals surface area contributed by atoms with Crippen LogP contribution in [0.5, 0.6) is 0 Å². The Labute approximate surface area is 147 Å². The van der Waals surface area contributed by atoms with Crippen molar-refractivity contribution < 1.29 is 9.59 Å². The molecular formula is C19H24N4O2. The highest BCUT2D eigenvalue weighted by Crippen LogP contribution is 2.25. The Hall–Kier alpha value is -2.63. The van der Waals surface area contributed by atoms with E-state index < -0.39 is 0 Å². The molecule has 2 amide bonds. The number of imidazole rings is 1. The van der Waals surface area contributed by atoms with Gasteiger partial charge in [-0.25, -0.2) is 4.98 Å². The van der Waals surface area contributed by atoms with Crippen LogP contribution in [0.2, 0.25) is 0 Å². The van der Waals surface area contributed by atoms with Gasteiger partial charge < -0.3 is 15.2 Å². The molecule has 1 aromatic heterocycles. The molecule has 0 radical (unpaired) electrons. The first-order valence-electron chi connectivity index (χ1n) is 8.71. The molecule has 6 nitrogen and oxygen atoms in total. The number of aryl methyl sites for hydroxylation is 1. The highest BCUT2D eigenvalue weighted by Gasteiger charge is 2.26. The number of hydrogen-bond donors (Lipinski definition) is 1. The normalized spacial score (nSPS) is 17.5. The Balaban J connectivity index is 1.80. The van der Waals surface area contributed by atoms with Crippen LogP contribution >= 0.6 is 0 Å². The zero-order valence-electron chi connectivity index (χ0n) is 14.5. The zero-order chi connectivity index (χ0) is 17.8. The number of hydrogen-bond acceptors (Lipinski definition) is 3. The fourth-order valence-corrected chi connectivity index (χ4v) is 3.45. The number of nitrogens with two attached hydrogens (primary N) is 1. The van der Waals surface area contributed by atoms with Crippen LogP contribution in [0.4, 0.5) is 0 Å². The second-order valence-electron chi connectivity index (χ2n) is 6.75. The van der Waals surface area contributed by atoms with E-state index in [0.29, 0.717) is 24.4 Å². The van der Waals surface area contributed by atoms with Gasteiger partial charge in [0.1, 0.15) is 0 Å². The number of carbonyl (C=O) groups excluding carboxylic acids is 2. The monoisotopic (exact) mass is 340 g/mol. The van der Waals surface area contributed by atoms with Crippen molar-refractivity contribution in [1.82, 2.24) is 14.5 Å². The molecule has 1 saturated heterocycles. The van der Waals surface area contributed by atoms with E-state index in [2.05, 4.69) is 4.98 Å². The molecule has 1 fully saturated rings. The van der Waals surface area contributed by atoms with Gasteiger partial charge in [-0.05, 0) is 44.2 Å². The van der Waals surface area contributed by atoms with Crippen LogP contribution in [-0.2, 0) is 4.79 Å². The molecule has 0 aliphatic carbocycles. The summed E-state index contributed by atoms with van der Waals surface area (Å²) in [7, 11) is 0. The predicted molar refractivity (Wildman–Crippen MR) is 95.4 cm³/mol. The van der Waals surface area contributed by atoms with E-state index in [4.69, 9.17) is 5.73 Å². The van der Waals surface area contributed by atoms with Gasteiger partial charge in [0.25, 0.3) is 5.91 Å². The van der Waals surface area contributed by atoms with Crippen LogP contribution in [0.3, 0.4) is 0 Å². The number of carbonyl (C=O) groups is 2. The molecule has 132 valence electrons. The van der Waals surface area contributed by atoms with Crippen molar-refractivity contribution >= 4 is 11.8 Å². The lowest BCUT2D eigenvalue weighted by atomic mass is 9.92. The quantitative estimate of drug-likeness (QED) is 0.907. The Kier molecular flexibility index (Phi) is 5.16. The van der Waals surface area contributed by atoms with Crippen molar-refractivity contribution in [2.45, 2.75) is 32.6 Å². The molecule has 1 atom stereocenters. The second kappa shape index (κ2) is 7.51. The molecule has 0 saturated carbocycles. The predicted octanol–water partition coefficient (Wildman–Crippen LogP) is 2.30. The minimum atomic E-state index is -0.274. The number of amides is 2. The summed E-state index contributed by atoms with van der Waals surface area (Å²) in [4.78, 5) is 30.2. The summed E-state index contributed by atoms with van der Waals surface area (Å²) in [6, 6.07) is 5.89. The highest BCUT2D eigenvalue weighted by molar-refractivity contribution is 5.98. The molecule has 3 rings (SSSR count). The van der Waals surface area contributed by atoms with E-state index in [-0.39, 0.29) is 11.8 Å². The summed E-state index contributed by atoms with van der Waals surface area (Å²) in [6.07, 6.45) is 8.38. The first-order valence-corrected chi connectivity index (χ1v) is 8.71. The average molecular weight is 340 g/mol. The Bertz CT molecular complexity index is 755. The smallest absolute Gasteiger partial charge is 0.256 e. The Morgan fingerprint density at radius 3 is 2.92 bits per heavy atom. The average Bonchev–Trinajstić information content (AvgIpc) is 3.14.